The van der Waals surface area contributed by atoms with Gasteiger partial charge < -0.3 is 5.32 Å². The van der Waals surface area contributed by atoms with Crippen LogP contribution in [0.2, 0.25) is 0 Å². The average Bonchev–Trinajstić information content (AvgIpc) is 2.46. The lowest BCUT2D eigenvalue weighted by atomic mass is 9.94. The number of fused-ring (bicyclic) bond motifs is 2. The van der Waals surface area contributed by atoms with Gasteiger partial charge in [0.2, 0.25) is 0 Å². The van der Waals surface area contributed by atoms with Crippen LogP contribution in [0.5, 0.6) is 0 Å². The largest absolute Gasteiger partial charge is 0.320 e. The van der Waals surface area contributed by atoms with E-state index < -0.39 is 0 Å². The van der Waals surface area contributed by atoms with Gasteiger partial charge in [-0.3, -0.25) is 0 Å². The normalized spacial score (nSPS) is 11.2. The molecule has 0 aliphatic carbocycles. The van der Waals surface area contributed by atoms with E-state index in [1.165, 1.54) is 33.5 Å². The van der Waals surface area contributed by atoms with Crippen LogP contribution in [0, 0.1) is 0 Å². The Kier molecular flexibility index (Phi) is 3.47. The van der Waals surface area contributed by atoms with Crippen LogP contribution in [0.15, 0.2) is 54.6 Å². The molecule has 0 radical (unpaired) electrons. The summed E-state index contributed by atoms with van der Waals surface area (Å²) in [4.78, 5) is 0. The first kappa shape index (κ1) is 12.2. The second-order valence-corrected chi connectivity index (χ2v) is 5.00. The van der Waals surface area contributed by atoms with Gasteiger partial charge >= 0.3 is 0 Å². The predicted octanol–water partition coefficient (Wildman–Crippen LogP) is 4.15. The summed E-state index contributed by atoms with van der Waals surface area (Å²) in [6, 6.07) is 19.7. The number of hydrogen-bond acceptors (Lipinski definition) is 1. The molecule has 0 unspecified atom stereocenters. The maximum atomic E-state index is 3.23. The van der Waals surface area contributed by atoms with Crippen LogP contribution in [-0.4, -0.2) is 13.6 Å². The molecule has 0 saturated heterocycles. The van der Waals surface area contributed by atoms with Crippen LogP contribution in [0.4, 0.5) is 0 Å². The minimum absolute atomic E-state index is 1.07. The second-order valence-electron chi connectivity index (χ2n) is 5.00. The molecular weight excluding hydrogens is 230 g/mol. The molecule has 0 saturated carbocycles. The van der Waals surface area contributed by atoms with Crippen molar-refractivity contribution >= 4 is 21.5 Å². The maximum Gasteiger partial charge on any atom is -0.00487 e. The van der Waals surface area contributed by atoms with Crippen molar-refractivity contribution < 1.29 is 0 Å². The van der Waals surface area contributed by atoms with Crippen LogP contribution in [0.1, 0.15) is 12.0 Å². The van der Waals surface area contributed by atoms with Gasteiger partial charge in [0, 0.05) is 0 Å². The van der Waals surface area contributed by atoms with E-state index in [9.17, 15) is 0 Å². The molecule has 3 rings (SSSR count). The highest BCUT2D eigenvalue weighted by Gasteiger charge is 2.06. The van der Waals surface area contributed by atoms with Gasteiger partial charge in [0.1, 0.15) is 0 Å². The highest BCUT2D eigenvalue weighted by molar-refractivity contribution is 6.02. The van der Waals surface area contributed by atoms with Crippen molar-refractivity contribution in [2.75, 3.05) is 13.6 Å². The smallest absolute Gasteiger partial charge is 0.00487 e. The molecule has 0 spiro atoms. The fourth-order valence-electron chi connectivity index (χ4n) is 2.82. The fraction of sp³-hybridized carbons (Fsp3) is 0.222. The van der Waals surface area contributed by atoms with E-state index in [1.54, 1.807) is 0 Å². The van der Waals surface area contributed by atoms with Crippen LogP contribution < -0.4 is 5.32 Å². The molecule has 0 aliphatic heterocycles. The van der Waals surface area contributed by atoms with Gasteiger partial charge in [-0.2, -0.15) is 0 Å². The van der Waals surface area contributed by atoms with E-state index >= 15 is 0 Å². The molecule has 1 N–H and O–H groups in total. The Morgan fingerprint density at radius 2 is 1.42 bits per heavy atom. The SMILES string of the molecule is CNCCCc1c2ccccc2cc2ccccc12. The van der Waals surface area contributed by atoms with E-state index in [0.717, 1.165) is 13.0 Å². The van der Waals surface area contributed by atoms with Gasteiger partial charge in [0.05, 0.1) is 0 Å². The van der Waals surface area contributed by atoms with E-state index in [1.807, 2.05) is 7.05 Å². The van der Waals surface area contributed by atoms with Crippen molar-refractivity contribution in [2.45, 2.75) is 12.8 Å². The Balaban J connectivity index is 2.21. The third-order valence-electron chi connectivity index (χ3n) is 3.74. The molecule has 96 valence electrons. The minimum atomic E-state index is 1.07. The molecule has 0 amide bonds. The Bertz CT molecular complexity index is 646. The number of hydrogen-bond donors (Lipinski definition) is 1. The van der Waals surface area contributed by atoms with Crippen molar-refractivity contribution in [2.24, 2.45) is 0 Å². The fourth-order valence-corrected chi connectivity index (χ4v) is 2.82. The zero-order chi connectivity index (χ0) is 13.1. The van der Waals surface area contributed by atoms with Crippen molar-refractivity contribution in [3.8, 4) is 0 Å². The molecular formula is C18H19N. The summed E-state index contributed by atoms with van der Waals surface area (Å²) in [5.41, 5.74) is 1.49. The lowest BCUT2D eigenvalue weighted by Crippen LogP contribution is -2.08. The first-order valence-corrected chi connectivity index (χ1v) is 6.94. The molecule has 0 bridgehead atoms. The maximum absolute atomic E-state index is 3.23. The summed E-state index contributed by atoms with van der Waals surface area (Å²) in [6.45, 7) is 1.07. The molecule has 0 aromatic heterocycles. The Morgan fingerprint density at radius 1 is 0.842 bits per heavy atom. The lowest BCUT2D eigenvalue weighted by molar-refractivity contribution is 0.728. The van der Waals surface area contributed by atoms with Crippen molar-refractivity contribution in [1.29, 1.82) is 0 Å². The molecule has 3 aromatic rings. The number of benzene rings is 3. The summed E-state index contributed by atoms with van der Waals surface area (Å²) in [6.07, 6.45) is 2.30. The number of rotatable bonds is 4. The average molecular weight is 249 g/mol. The van der Waals surface area contributed by atoms with Crippen molar-refractivity contribution in [1.82, 2.24) is 5.32 Å². The Labute approximate surface area is 114 Å². The first-order chi connectivity index (χ1) is 9.40. The summed E-state index contributed by atoms with van der Waals surface area (Å²) in [5.74, 6) is 0. The van der Waals surface area contributed by atoms with Crippen molar-refractivity contribution in [3.05, 3.63) is 60.2 Å². The number of aryl methyl sites for hydroxylation is 1. The highest BCUT2D eigenvalue weighted by Crippen LogP contribution is 2.29. The summed E-state index contributed by atoms with van der Waals surface area (Å²) in [7, 11) is 2.02. The topological polar surface area (TPSA) is 12.0 Å². The van der Waals surface area contributed by atoms with Crippen LogP contribution in [0.3, 0.4) is 0 Å². The monoisotopic (exact) mass is 249 g/mol. The highest BCUT2D eigenvalue weighted by atomic mass is 14.8. The van der Waals surface area contributed by atoms with Gasteiger partial charge in [0.25, 0.3) is 0 Å². The van der Waals surface area contributed by atoms with E-state index in [0.29, 0.717) is 0 Å². The van der Waals surface area contributed by atoms with E-state index in [2.05, 4.69) is 59.9 Å². The number of nitrogens with one attached hydrogen (secondary N) is 1. The van der Waals surface area contributed by atoms with Gasteiger partial charge in [-0.1, -0.05) is 48.5 Å². The molecule has 19 heavy (non-hydrogen) atoms. The zero-order valence-electron chi connectivity index (χ0n) is 11.3. The van der Waals surface area contributed by atoms with E-state index in [4.69, 9.17) is 0 Å². The van der Waals surface area contributed by atoms with Gasteiger partial charge in [-0.15, -0.1) is 0 Å². The first-order valence-electron chi connectivity index (χ1n) is 6.94. The van der Waals surface area contributed by atoms with Gasteiger partial charge in [0.15, 0.2) is 0 Å². The standard InChI is InChI=1S/C18H19N/c1-19-12-6-11-18-16-9-4-2-7-14(16)13-15-8-3-5-10-17(15)18/h2-5,7-10,13,19H,6,11-12H2,1H3. The molecule has 0 heterocycles. The quantitative estimate of drug-likeness (QED) is 0.541. The molecule has 1 heteroatoms. The van der Waals surface area contributed by atoms with Crippen LogP contribution >= 0.6 is 0 Å². The van der Waals surface area contributed by atoms with Crippen molar-refractivity contribution in [3.63, 3.8) is 0 Å². The molecule has 0 aliphatic rings. The summed E-state index contributed by atoms with van der Waals surface area (Å²) in [5, 5.41) is 8.73. The molecule has 0 atom stereocenters. The Hall–Kier alpha value is -1.86. The molecule has 3 aromatic carbocycles. The van der Waals surface area contributed by atoms with Crippen LogP contribution in [0.25, 0.3) is 21.5 Å². The second kappa shape index (κ2) is 5.41. The lowest BCUT2D eigenvalue weighted by Gasteiger charge is -2.11. The minimum Gasteiger partial charge on any atom is -0.320 e. The zero-order valence-corrected chi connectivity index (χ0v) is 11.3. The van der Waals surface area contributed by atoms with Gasteiger partial charge in [-0.25, -0.2) is 0 Å². The predicted molar refractivity (Wildman–Crippen MR) is 83.7 cm³/mol. The summed E-state index contributed by atoms with van der Waals surface area (Å²) < 4.78 is 0. The summed E-state index contributed by atoms with van der Waals surface area (Å²) >= 11 is 0. The molecule has 1 nitrogen and oxygen atoms in total. The molecule has 0 fully saturated rings. The van der Waals surface area contributed by atoms with Gasteiger partial charge in [-0.05, 0) is 59.6 Å². The third kappa shape index (κ3) is 2.34. The Morgan fingerprint density at radius 3 is 2.00 bits per heavy atom. The van der Waals surface area contributed by atoms with Crippen LogP contribution in [-0.2, 0) is 6.42 Å². The third-order valence-corrected chi connectivity index (χ3v) is 3.74. The van der Waals surface area contributed by atoms with E-state index in [-0.39, 0.29) is 0 Å².